The maximum atomic E-state index is 13.5. The maximum absolute atomic E-state index is 13.5. The Morgan fingerprint density at radius 1 is 0.439 bits per heavy atom. The Balaban J connectivity index is 0.918. The highest BCUT2D eigenvalue weighted by atomic mass is 32.2. The first-order valence-electron chi connectivity index (χ1n) is 33.7. The molecule has 5 rings (SSSR count). The lowest BCUT2D eigenvalue weighted by Crippen LogP contribution is -2.51. The van der Waals surface area contributed by atoms with Gasteiger partial charge in [-0.25, -0.2) is 9.59 Å². The minimum atomic E-state index is -5.07. The van der Waals surface area contributed by atoms with E-state index in [2.05, 4.69) is 53.2 Å². The van der Waals surface area contributed by atoms with Crippen molar-refractivity contribution in [2.45, 2.75) is 148 Å². The van der Waals surface area contributed by atoms with Crippen molar-refractivity contribution < 1.29 is 97.5 Å². The first-order chi connectivity index (χ1) is 47.1. The molecule has 8 unspecified atom stereocenters. The van der Waals surface area contributed by atoms with Gasteiger partial charge < -0.3 is 92.6 Å². The van der Waals surface area contributed by atoms with Crippen molar-refractivity contribution in [3.8, 4) is 0 Å². The molecule has 0 aliphatic carbocycles. The second-order valence-electron chi connectivity index (χ2n) is 23.8. The SMILES string of the molecule is NCC(C(=O)NCC(C(=O)NCCCCCCNC(=O)c1cc(C(=O)NCCCOCCOCCOCCCNC(=O)CCCCC2SCC3NC(=O)NC32)cc(C(=O)NCCCOCCOCCOCCCNC(=O)CCCCC2SCC3NC(=O)NC32)c1)S(=O)(=O)O)S(=O)(=O)O. The second kappa shape index (κ2) is 46.7. The van der Waals surface area contributed by atoms with Crippen LogP contribution >= 0.6 is 23.5 Å². The molecule has 4 aliphatic rings. The van der Waals surface area contributed by atoms with Crippen LogP contribution in [0.1, 0.15) is 134 Å². The van der Waals surface area contributed by atoms with Gasteiger partial charge in [-0.05, 0) is 82.4 Å². The van der Waals surface area contributed by atoms with Gasteiger partial charge in [0.1, 0.15) is 0 Å². The molecule has 4 aliphatic heterocycles. The third-order valence-electron chi connectivity index (χ3n) is 16.1. The molecule has 33 nitrogen and oxygen atoms in total. The number of hydrogen-bond acceptors (Lipinski definition) is 22. The minimum Gasteiger partial charge on any atom is -0.379 e. The van der Waals surface area contributed by atoms with Crippen LogP contribution in [0.4, 0.5) is 9.59 Å². The van der Waals surface area contributed by atoms with Crippen LogP contribution in [0.15, 0.2) is 18.2 Å². The molecule has 0 spiro atoms. The van der Waals surface area contributed by atoms with Crippen molar-refractivity contribution >= 4 is 97.2 Å². The molecular formula is C61H102N12O21S4. The van der Waals surface area contributed by atoms with Crippen LogP contribution in [0, 0.1) is 0 Å². The lowest BCUT2D eigenvalue weighted by Gasteiger charge is -2.17. The molecule has 11 amide bonds. The molecule has 15 N–H and O–H groups in total. The number of thioether (sulfide) groups is 2. The van der Waals surface area contributed by atoms with E-state index in [9.17, 15) is 69.1 Å². The van der Waals surface area contributed by atoms with Crippen LogP contribution in [-0.4, -0.2) is 268 Å². The number of nitrogens with one attached hydrogen (secondary N) is 11. The monoisotopic (exact) mass is 1470 g/mol. The summed E-state index contributed by atoms with van der Waals surface area (Å²) in [5, 5.41) is 26.8. The minimum absolute atomic E-state index is 0.0136. The number of carbonyl (C=O) groups is 9. The average molecular weight is 1470 g/mol. The zero-order chi connectivity index (χ0) is 71.0. The van der Waals surface area contributed by atoms with Gasteiger partial charge in [-0.3, -0.25) is 42.7 Å². The summed E-state index contributed by atoms with van der Waals surface area (Å²) < 4.78 is 99.1. The Morgan fingerprint density at radius 2 is 0.776 bits per heavy atom. The summed E-state index contributed by atoms with van der Waals surface area (Å²) in [6.07, 6.45) is 10.4. The van der Waals surface area contributed by atoms with Crippen LogP contribution in [0.5, 0.6) is 0 Å². The molecule has 0 aromatic heterocycles. The molecule has 0 bridgehead atoms. The molecule has 556 valence electrons. The van der Waals surface area contributed by atoms with E-state index < -0.39 is 73.4 Å². The van der Waals surface area contributed by atoms with Crippen LogP contribution in [0.3, 0.4) is 0 Å². The number of hydrogen-bond donors (Lipinski definition) is 14. The standard InChI is InChI=1S/C61H102N12O21S4/c62-38-49(97(83,84)85)58(79)69-39-50(98(86,87)88)59(80)68-18-8-2-1-7-17-65-55(76)42-35-43(56(77)66-21-11-25-91-29-33-93-31-27-89-23-9-19-63-51(74)15-5-3-13-47-53-45(40-95-47)70-60(81)72-53)37-44(36-42)57(78)67-22-12-26-92-30-34-94-32-28-90-24-10-20-64-52(75)16-6-4-14-48-54-46(41-96-48)71-61(82)73-54/h35-37,45-50,53-54H,1-34,38-41,62H2,(H,63,74)(H,64,75)(H,65,76)(H,66,77)(H,67,78)(H,68,80)(H,69,79)(H2,70,72,81)(H2,71,73,82)(H,83,84,85)(H,86,87,88). The van der Waals surface area contributed by atoms with Gasteiger partial charge in [-0.2, -0.15) is 40.4 Å². The molecule has 8 atom stereocenters. The summed E-state index contributed by atoms with van der Waals surface area (Å²) in [7, 11) is -10.0. The van der Waals surface area contributed by atoms with Crippen LogP contribution in [0.2, 0.25) is 0 Å². The summed E-state index contributed by atoms with van der Waals surface area (Å²) in [5.74, 6) is -2.30. The molecule has 98 heavy (non-hydrogen) atoms. The van der Waals surface area contributed by atoms with Crippen molar-refractivity contribution in [2.75, 3.05) is 143 Å². The summed E-state index contributed by atoms with van der Waals surface area (Å²) >= 11 is 3.74. The highest BCUT2D eigenvalue weighted by Crippen LogP contribution is 2.34. The van der Waals surface area contributed by atoms with Crippen molar-refractivity contribution in [3.63, 3.8) is 0 Å². The fraction of sp³-hybridized carbons (Fsp3) is 0.754. The Kier molecular flexibility index (Phi) is 39.5. The van der Waals surface area contributed by atoms with Gasteiger partial charge in [0, 0.05) is 130 Å². The Morgan fingerprint density at radius 3 is 1.14 bits per heavy atom. The molecule has 4 fully saturated rings. The van der Waals surface area contributed by atoms with E-state index in [1.165, 1.54) is 18.2 Å². The Hall–Kier alpha value is -5.71. The second-order valence-corrected chi connectivity index (χ2v) is 29.5. The lowest BCUT2D eigenvalue weighted by atomic mass is 10.0. The van der Waals surface area contributed by atoms with E-state index in [0.29, 0.717) is 167 Å². The highest BCUT2D eigenvalue weighted by Gasteiger charge is 2.44. The summed E-state index contributed by atoms with van der Waals surface area (Å²) in [5.41, 5.74) is 5.39. The van der Waals surface area contributed by atoms with Gasteiger partial charge in [0.25, 0.3) is 38.0 Å². The number of nitrogens with two attached hydrogens (primary N) is 1. The Labute approximate surface area is 582 Å². The molecule has 0 saturated carbocycles. The highest BCUT2D eigenvalue weighted by molar-refractivity contribution is 8.00. The number of fused-ring (bicyclic) bond motifs is 2. The normalized spacial score (nSPS) is 19.2. The topological polar surface area (TPSA) is 476 Å². The Bertz CT molecular complexity index is 2790. The van der Waals surface area contributed by atoms with E-state index >= 15 is 0 Å². The zero-order valence-electron chi connectivity index (χ0n) is 55.6. The first-order valence-corrected chi connectivity index (χ1v) is 38.8. The van der Waals surface area contributed by atoms with E-state index in [-0.39, 0.29) is 90.9 Å². The predicted octanol–water partition coefficient (Wildman–Crippen LogP) is -0.516. The van der Waals surface area contributed by atoms with E-state index in [1.807, 2.05) is 28.8 Å². The van der Waals surface area contributed by atoms with E-state index in [0.717, 1.165) is 50.0 Å². The molecule has 4 heterocycles. The smallest absolute Gasteiger partial charge is 0.315 e. The maximum Gasteiger partial charge on any atom is 0.315 e. The number of amides is 11. The fourth-order valence-electron chi connectivity index (χ4n) is 10.8. The summed E-state index contributed by atoms with van der Waals surface area (Å²) in [6.45, 7) is 4.10. The van der Waals surface area contributed by atoms with Gasteiger partial charge in [0.2, 0.25) is 23.6 Å². The third kappa shape index (κ3) is 32.7. The number of ether oxygens (including phenoxy) is 6. The van der Waals surface area contributed by atoms with Crippen molar-refractivity contribution in [1.29, 1.82) is 0 Å². The van der Waals surface area contributed by atoms with Crippen LogP contribution in [-0.2, 0) is 67.8 Å². The summed E-state index contributed by atoms with van der Waals surface area (Å²) in [4.78, 5) is 113. The van der Waals surface area contributed by atoms with Gasteiger partial charge in [-0.15, -0.1) is 0 Å². The first kappa shape index (κ1) is 83.0. The fourth-order valence-corrected chi connectivity index (χ4v) is 15.2. The van der Waals surface area contributed by atoms with E-state index in [4.69, 9.17) is 34.2 Å². The van der Waals surface area contributed by atoms with Gasteiger partial charge in [0.05, 0.1) is 77.0 Å². The zero-order valence-corrected chi connectivity index (χ0v) is 58.8. The molecule has 1 aromatic carbocycles. The number of unbranched alkanes of at least 4 members (excludes halogenated alkanes) is 5. The van der Waals surface area contributed by atoms with Gasteiger partial charge >= 0.3 is 12.1 Å². The third-order valence-corrected chi connectivity index (χ3v) is 21.4. The lowest BCUT2D eigenvalue weighted by molar-refractivity contribution is -0.123. The number of rotatable bonds is 55. The van der Waals surface area contributed by atoms with Gasteiger partial charge in [0.15, 0.2) is 10.5 Å². The molecular weight excluding hydrogens is 1370 g/mol. The van der Waals surface area contributed by atoms with Crippen molar-refractivity contribution in [3.05, 3.63) is 34.9 Å². The largest absolute Gasteiger partial charge is 0.379 e. The van der Waals surface area contributed by atoms with Crippen LogP contribution in [0.25, 0.3) is 0 Å². The molecule has 0 radical (unpaired) electrons. The number of urea groups is 2. The molecule has 37 heteroatoms. The number of carbonyl (C=O) groups excluding carboxylic acids is 9. The number of benzene rings is 1. The average Bonchev–Trinajstić information content (AvgIpc) is 1.64. The van der Waals surface area contributed by atoms with E-state index in [1.54, 1.807) is 0 Å². The van der Waals surface area contributed by atoms with Crippen molar-refractivity contribution in [2.24, 2.45) is 5.73 Å². The molecule has 1 aromatic rings. The molecule has 4 saturated heterocycles. The van der Waals surface area contributed by atoms with Crippen LogP contribution < -0.4 is 64.2 Å². The summed E-state index contributed by atoms with van der Waals surface area (Å²) in [6, 6.07) is 4.68. The quantitative estimate of drug-likeness (QED) is 0.0222. The predicted molar refractivity (Wildman–Crippen MR) is 365 cm³/mol. The van der Waals surface area contributed by atoms with Crippen molar-refractivity contribution in [1.82, 2.24) is 58.5 Å². The van der Waals surface area contributed by atoms with Gasteiger partial charge in [-0.1, -0.05) is 25.7 Å².